The second-order valence-corrected chi connectivity index (χ2v) is 8.15. The summed E-state index contributed by atoms with van der Waals surface area (Å²) in [6.45, 7) is 0. The van der Waals surface area contributed by atoms with Gasteiger partial charge in [0.2, 0.25) is 0 Å². The van der Waals surface area contributed by atoms with Crippen molar-refractivity contribution in [2.24, 2.45) is 7.05 Å². The quantitative estimate of drug-likeness (QED) is 0.327. The van der Waals surface area contributed by atoms with Crippen LogP contribution in [0.5, 0.6) is 11.5 Å². The summed E-state index contributed by atoms with van der Waals surface area (Å²) in [7, 11) is 5.12. The first-order chi connectivity index (χ1) is 16.0. The number of hydrogen-bond donors (Lipinski definition) is 2. The monoisotopic (exact) mass is 506 g/mol. The summed E-state index contributed by atoms with van der Waals surface area (Å²) in [5.41, 5.74) is 5.07. The number of ether oxygens (including phenoxy) is 2. The number of nitrogens with zero attached hydrogens (tertiary/aromatic N) is 2. The number of halogens is 1. The number of methoxy groups -OCH3 is 2. The highest BCUT2D eigenvalue weighted by molar-refractivity contribution is 9.10. The van der Waals surface area contributed by atoms with E-state index >= 15 is 0 Å². The Morgan fingerprint density at radius 3 is 1.97 bits per heavy atom. The zero-order valence-corrected chi connectivity index (χ0v) is 20.0. The minimum Gasteiger partial charge on any atom is -0.497 e. The maximum absolute atomic E-state index is 12.7. The van der Waals surface area contributed by atoms with E-state index in [-0.39, 0.29) is 6.03 Å². The Bertz CT molecular complexity index is 1250. The zero-order chi connectivity index (χ0) is 23.4. The molecule has 0 spiro atoms. The highest BCUT2D eigenvalue weighted by Gasteiger charge is 2.13. The fraction of sp³-hybridized carbons (Fsp3) is 0.120. The van der Waals surface area contributed by atoms with Crippen LogP contribution in [0, 0.1) is 0 Å². The summed E-state index contributed by atoms with van der Waals surface area (Å²) in [5.74, 6) is 1.50. The summed E-state index contributed by atoms with van der Waals surface area (Å²) >= 11 is 3.58. The predicted octanol–water partition coefficient (Wildman–Crippen LogP) is 6.18. The van der Waals surface area contributed by atoms with Crippen molar-refractivity contribution in [1.29, 1.82) is 0 Å². The third-order valence-electron chi connectivity index (χ3n) is 5.13. The van der Waals surface area contributed by atoms with E-state index in [1.165, 1.54) is 0 Å². The fourth-order valence-electron chi connectivity index (χ4n) is 3.49. The van der Waals surface area contributed by atoms with Gasteiger partial charge in [0, 0.05) is 24.0 Å². The van der Waals surface area contributed by atoms with Crippen molar-refractivity contribution >= 4 is 33.3 Å². The van der Waals surface area contributed by atoms with E-state index in [2.05, 4.69) is 37.7 Å². The van der Waals surface area contributed by atoms with Crippen molar-refractivity contribution in [1.82, 2.24) is 9.78 Å². The van der Waals surface area contributed by atoms with Crippen LogP contribution in [0.1, 0.15) is 0 Å². The van der Waals surface area contributed by atoms with Gasteiger partial charge in [0.1, 0.15) is 11.5 Å². The van der Waals surface area contributed by atoms with E-state index in [4.69, 9.17) is 9.47 Å². The van der Waals surface area contributed by atoms with Gasteiger partial charge in [-0.3, -0.25) is 4.68 Å². The Morgan fingerprint density at radius 1 is 0.818 bits per heavy atom. The molecule has 0 saturated heterocycles. The number of urea groups is 1. The molecule has 1 aromatic heterocycles. The van der Waals surface area contributed by atoms with E-state index in [1.807, 2.05) is 43.4 Å². The van der Waals surface area contributed by atoms with Crippen molar-refractivity contribution in [2.75, 3.05) is 24.9 Å². The number of anilines is 2. The third-order valence-corrected chi connectivity index (χ3v) is 5.71. The fourth-order valence-corrected chi connectivity index (χ4v) is 4.07. The van der Waals surface area contributed by atoms with E-state index in [0.717, 1.165) is 38.4 Å². The number of hydrogen-bond acceptors (Lipinski definition) is 4. The van der Waals surface area contributed by atoms with Gasteiger partial charge in [0.25, 0.3) is 0 Å². The molecule has 33 heavy (non-hydrogen) atoms. The Balaban J connectivity index is 1.66. The molecule has 0 radical (unpaired) electrons. The van der Waals surface area contributed by atoms with Crippen molar-refractivity contribution in [3.63, 3.8) is 0 Å². The Kier molecular flexibility index (Phi) is 6.65. The predicted molar refractivity (Wildman–Crippen MR) is 134 cm³/mol. The molecule has 7 nitrogen and oxygen atoms in total. The van der Waals surface area contributed by atoms with Crippen molar-refractivity contribution in [3.8, 4) is 33.9 Å². The van der Waals surface area contributed by atoms with Gasteiger partial charge in [0.05, 0.1) is 30.6 Å². The molecule has 0 fully saturated rings. The van der Waals surface area contributed by atoms with Crippen LogP contribution in [0.3, 0.4) is 0 Å². The first-order valence-electron chi connectivity index (χ1n) is 10.2. The highest BCUT2D eigenvalue weighted by atomic mass is 79.9. The molecular formula is C25H23BrN4O3. The lowest BCUT2D eigenvalue weighted by molar-refractivity contribution is 0.262. The molecular weight excluding hydrogens is 484 g/mol. The number of aryl methyl sites for hydroxylation is 1. The number of carbonyl (C=O) groups excluding carboxylic acids is 1. The van der Waals surface area contributed by atoms with Crippen LogP contribution in [-0.4, -0.2) is 30.0 Å². The van der Waals surface area contributed by atoms with E-state index in [1.54, 1.807) is 49.4 Å². The molecule has 4 aromatic rings. The van der Waals surface area contributed by atoms with Gasteiger partial charge in [-0.25, -0.2) is 4.79 Å². The van der Waals surface area contributed by atoms with Crippen LogP contribution < -0.4 is 20.1 Å². The van der Waals surface area contributed by atoms with Gasteiger partial charge >= 0.3 is 6.03 Å². The normalized spacial score (nSPS) is 10.5. The molecule has 0 atom stereocenters. The number of nitrogens with one attached hydrogen (secondary N) is 2. The third kappa shape index (κ3) is 5.18. The zero-order valence-electron chi connectivity index (χ0n) is 18.4. The average molecular weight is 507 g/mol. The van der Waals surface area contributed by atoms with Crippen LogP contribution in [0.4, 0.5) is 16.2 Å². The molecule has 8 heteroatoms. The number of rotatable bonds is 6. The van der Waals surface area contributed by atoms with Crippen molar-refractivity contribution < 1.29 is 14.3 Å². The van der Waals surface area contributed by atoms with Gasteiger partial charge in [-0.2, -0.15) is 5.10 Å². The molecule has 4 rings (SSSR count). The highest BCUT2D eigenvalue weighted by Crippen LogP contribution is 2.34. The van der Waals surface area contributed by atoms with Gasteiger partial charge in [-0.15, -0.1) is 0 Å². The molecule has 0 aliphatic carbocycles. The summed E-state index contributed by atoms with van der Waals surface area (Å²) in [6.07, 6.45) is 1.75. The number of aromatic nitrogens is 2. The van der Waals surface area contributed by atoms with Crippen molar-refractivity contribution in [3.05, 3.63) is 77.4 Å². The molecule has 3 aromatic carbocycles. The van der Waals surface area contributed by atoms with E-state index in [9.17, 15) is 4.79 Å². The minimum absolute atomic E-state index is 0.345. The van der Waals surface area contributed by atoms with Gasteiger partial charge in [-0.1, -0.05) is 12.1 Å². The molecule has 168 valence electrons. The van der Waals surface area contributed by atoms with Crippen LogP contribution >= 0.6 is 15.9 Å². The average Bonchev–Trinajstić information content (AvgIpc) is 3.17. The number of benzene rings is 3. The molecule has 0 bridgehead atoms. The van der Waals surface area contributed by atoms with Crippen LogP contribution in [-0.2, 0) is 7.05 Å². The lowest BCUT2D eigenvalue weighted by Crippen LogP contribution is -2.19. The Morgan fingerprint density at radius 2 is 1.39 bits per heavy atom. The lowest BCUT2D eigenvalue weighted by Gasteiger charge is -2.13. The van der Waals surface area contributed by atoms with Gasteiger partial charge in [-0.05, 0) is 81.7 Å². The summed E-state index contributed by atoms with van der Waals surface area (Å²) in [5, 5.41) is 10.1. The first-order valence-corrected chi connectivity index (χ1v) is 11.0. The SMILES string of the molecule is COc1ccc(NC(=O)Nc2cc(-c3ccc(OC)cc3)cc(-c3c(Br)cnn3C)c2)cc1. The second kappa shape index (κ2) is 9.79. The molecule has 0 saturated carbocycles. The smallest absolute Gasteiger partial charge is 0.323 e. The van der Waals surface area contributed by atoms with Crippen molar-refractivity contribution in [2.45, 2.75) is 0 Å². The van der Waals surface area contributed by atoms with Crippen LogP contribution in [0.15, 0.2) is 77.4 Å². The number of carbonyl (C=O) groups is 1. The van der Waals surface area contributed by atoms with Crippen LogP contribution in [0.25, 0.3) is 22.4 Å². The minimum atomic E-state index is -0.345. The molecule has 1 heterocycles. The maximum atomic E-state index is 12.7. The maximum Gasteiger partial charge on any atom is 0.323 e. The topological polar surface area (TPSA) is 77.4 Å². The van der Waals surface area contributed by atoms with E-state index in [0.29, 0.717) is 11.4 Å². The molecule has 2 N–H and O–H groups in total. The molecule has 0 aliphatic rings. The largest absolute Gasteiger partial charge is 0.497 e. The lowest BCUT2D eigenvalue weighted by atomic mass is 10.0. The Labute approximate surface area is 200 Å². The summed E-state index contributed by atoms with van der Waals surface area (Å²) < 4.78 is 13.1. The molecule has 0 unspecified atom stereocenters. The summed E-state index contributed by atoms with van der Waals surface area (Å²) in [6, 6.07) is 20.5. The summed E-state index contributed by atoms with van der Waals surface area (Å²) in [4.78, 5) is 12.7. The van der Waals surface area contributed by atoms with Gasteiger partial charge < -0.3 is 20.1 Å². The van der Waals surface area contributed by atoms with Crippen LogP contribution in [0.2, 0.25) is 0 Å². The van der Waals surface area contributed by atoms with E-state index < -0.39 is 0 Å². The standard InChI is InChI=1S/C25H23BrN4O3/c1-30-24(23(26)15-27-30)18-12-17(16-4-8-21(32-2)9-5-16)13-20(14-18)29-25(31)28-19-6-10-22(33-3)11-7-19/h4-15H,1-3H3,(H2,28,29,31). The van der Waals surface area contributed by atoms with Gasteiger partial charge in [0.15, 0.2) is 0 Å². The number of amides is 2. The molecule has 2 amide bonds. The first kappa shape index (κ1) is 22.4. The second-order valence-electron chi connectivity index (χ2n) is 7.30. The Hall–Kier alpha value is -3.78. The molecule has 0 aliphatic heterocycles.